The van der Waals surface area contributed by atoms with E-state index in [9.17, 15) is 31.1 Å². The fourth-order valence-corrected chi connectivity index (χ4v) is 3.91. The predicted octanol–water partition coefficient (Wildman–Crippen LogP) is 5.66. The van der Waals surface area contributed by atoms with Gasteiger partial charge in [0.15, 0.2) is 23.9 Å². The molecule has 0 fully saturated rings. The van der Waals surface area contributed by atoms with Crippen molar-refractivity contribution in [3.8, 4) is 0 Å². The first-order valence-corrected chi connectivity index (χ1v) is 14.0. The highest BCUT2D eigenvalue weighted by Crippen LogP contribution is 2.32. The van der Waals surface area contributed by atoms with Crippen LogP contribution in [0.4, 0.5) is 37.0 Å². The molecule has 5 N–H and O–H groups in total. The van der Waals surface area contributed by atoms with E-state index < -0.39 is 50.0 Å². The highest BCUT2D eigenvalue weighted by atomic mass is 19.4. The molecule has 256 valence electrons. The number of carbonyl (C=O) groups excluding carboxylic acids is 1. The van der Waals surface area contributed by atoms with Crippen LogP contribution in [0.1, 0.15) is 50.8 Å². The predicted molar refractivity (Wildman–Crippen MR) is 155 cm³/mol. The zero-order valence-electron chi connectivity index (χ0n) is 25.4. The van der Waals surface area contributed by atoms with Gasteiger partial charge in [-0.1, -0.05) is 54.9 Å². The second kappa shape index (κ2) is 17.6. The van der Waals surface area contributed by atoms with Crippen LogP contribution in [0, 0.1) is 5.41 Å². The average molecular weight is 666 g/mol. The number of hydrogen-bond donors (Lipinski definition) is 4. The fraction of sp³-hybridized carbons (Fsp3) is 0.500. The molecule has 0 aliphatic heterocycles. The van der Waals surface area contributed by atoms with Gasteiger partial charge in [-0.15, -0.1) is 0 Å². The Kier molecular flexibility index (Phi) is 14.6. The highest BCUT2D eigenvalue weighted by Gasteiger charge is 2.41. The number of nitrogens with one attached hydrogen (secondary N) is 3. The highest BCUT2D eigenvalue weighted by molar-refractivity contribution is 6.46. The van der Waals surface area contributed by atoms with E-state index in [1.54, 1.807) is 49.4 Å². The maximum atomic E-state index is 12.8. The number of anilines is 1. The number of benzene rings is 1. The number of amidine groups is 1. The molecule has 0 radical (unpaired) electrons. The van der Waals surface area contributed by atoms with Crippen molar-refractivity contribution in [2.75, 3.05) is 25.6 Å². The lowest BCUT2D eigenvalue weighted by atomic mass is 10.0. The van der Waals surface area contributed by atoms with Gasteiger partial charge in [-0.05, 0) is 25.5 Å². The molecule has 1 atom stereocenters. The number of hydrazine groups is 2. The standard InChI is InChI=1S/C28H37F6N7O5/c1-4-14-26(43-17-27(29,30)31,44-18-28(32,33)34)15-13-19(2)46-25(42)38-22-12-8-11-21(37-22)16-45-39-23(24(35)41(3)40-36)20-9-6-5-7-10-20/h5-12,19,35,40H,4,13-18,36H2,1-3H3,(H,37,38,42)/b35-24?,39-23-. The first kappa shape index (κ1) is 38.2. The van der Waals surface area contributed by atoms with Crippen molar-refractivity contribution < 1.29 is 50.2 Å². The summed E-state index contributed by atoms with van der Waals surface area (Å²) in [6, 6.07) is 13.4. The minimum atomic E-state index is -4.80. The Labute approximate surface area is 261 Å². The average Bonchev–Trinajstić information content (AvgIpc) is 2.99. The number of alkyl halides is 6. The number of oxime groups is 1. The van der Waals surface area contributed by atoms with E-state index in [2.05, 4.69) is 21.0 Å². The van der Waals surface area contributed by atoms with Crippen LogP contribution in [0.5, 0.6) is 0 Å². The summed E-state index contributed by atoms with van der Waals surface area (Å²) in [6.07, 6.45) is -12.2. The summed E-state index contributed by atoms with van der Waals surface area (Å²) in [5.74, 6) is 3.18. The van der Waals surface area contributed by atoms with Crippen LogP contribution in [-0.4, -0.2) is 72.1 Å². The first-order valence-electron chi connectivity index (χ1n) is 14.0. The van der Waals surface area contributed by atoms with E-state index >= 15 is 0 Å². The molecule has 0 spiro atoms. The van der Waals surface area contributed by atoms with E-state index in [0.717, 1.165) is 0 Å². The van der Waals surface area contributed by atoms with Crippen molar-refractivity contribution in [3.05, 3.63) is 59.8 Å². The third-order valence-corrected chi connectivity index (χ3v) is 6.07. The van der Waals surface area contributed by atoms with E-state index in [-0.39, 0.29) is 43.2 Å². The van der Waals surface area contributed by atoms with Gasteiger partial charge >= 0.3 is 18.4 Å². The maximum absolute atomic E-state index is 12.8. The van der Waals surface area contributed by atoms with Crippen LogP contribution in [0.3, 0.4) is 0 Å². The number of carbonyl (C=O) groups is 1. The van der Waals surface area contributed by atoms with Crippen molar-refractivity contribution in [1.29, 1.82) is 5.41 Å². The third kappa shape index (κ3) is 14.0. The second-order valence-electron chi connectivity index (χ2n) is 9.98. The number of aromatic nitrogens is 1. The van der Waals surface area contributed by atoms with Gasteiger partial charge in [0.2, 0.25) is 0 Å². The fourth-order valence-electron chi connectivity index (χ4n) is 3.91. The quantitative estimate of drug-likeness (QED) is 0.0418. The van der Waals surface area contributed by atoms with Gasteiger partial charge in [0.1, 0.15) is 25.1 Å². The van der Waals surface area contributed by atoms with Crippen molar-refractivity contribution in [1.82, 2.24) is 15.5 Å². The Morgan fingerprint density at radius 2 is 1.65 bits per heavy atom. The van der Waals surface area contributed by atoms with Crippen molar-refractivity contribution in [2.45, 2.75) is 70.4 Å². The van der Waals surface area contributed by atoms with Crippen molar-refractivity contribution in [2.24, 2.45) is 11.0 Å². The third-order valence-electron chi connectivity index (χ3n) is 6.07. The molecule has 0 aliphatic rings. The number of nitrogens with zero attached hydrogens (tertiary/aromatic N) is 3. The molecule has 1 amide bonds. The first-order chi connectivity index (χ1) is 21.6. The molecular formula is C28H37F6N7O5. The van der Waals surface area contributed by atoms with Gasteiger partial charge < -0.3 is 19.0 Å². The molecule has 2 aromatic rings. The van der Waals surface area contributed by atoms with E-state index in [1.165, 1.54) is 25.0 Å². The van der Waals surface area contributed by atoms with Gasteiger partial charge in [-0.25, -0.2) is 9.78 Å². The molecule has 1 aromatic heterocycles. The number of amides is 1. The molecule has 0 saturated heterocycles. The van der Waals surface area contributed by atoms with Crippen LogP contribution in [-0.2, 0) is 25.7 Å². The monoisotopic (exact) mass is 665 g/mol. The Hall–Kier alpha value is -4.00. The molecule has 2 rings (SSSR count). The summed E-state index contributed by atoms with van der Waals surface area (Å²) in [7, 11) is 1.52. The Morgan fingerprint density at radius 1 is 1.02 bits per heavy atom. The van der Waals surface area contributed by atoms with E-state index in [1.807, 2.05) is 0 Å². The minimum absolute atomic E-state index is 0.0627. The van der Waals surface area contributed by atoms with Gasteiger partial charge in [-0.2, -0.15) is 31.9 Å². The summed E-state index contributed by atoms with van der Waals surface area (Å²) in [5, 5.41) is 16.0. The van der Waals surface area contributed by atoms with Gasteiger partial charge in [-0.3, -0.25) is 21.6 Å². The lowest BCUT2D eigenvalue weighted by Gasteiger charge is -2.35. The zero-order valence-corrected chi connectivity index (χ0v) is 25.4. The largest absolute Gasteiger partial charge is 0.446 e. The van der Waals surface area contributed by atoms with Crippen LogP contribution >= 0.6 is 0 Å². The molecule has 46 heavy (non-hydrogen) atoms. The van der Waals surface area contributed by atoms with Crippen LogP contribution in [0.15, 0.2) is 53.7 Å². The Morgan fingerprint density at radius 3 is 2.22 bits per heavy atom. The second-order valence-corrected chi connectivity index (χ2v) is 9.98. The summed E-state index contributed by atoms with van der Waals surface area (Å²) >= 11 is 0. The number of hydrogen-bond acceptors (Lipinski definition) is 10. The summed E-state index contributed by atoms with van der Waals surface area (Å²) < 4.78 is 91.9. The molecule has 12 nitrogen and oxygen atoms in total. The number of rotatable bonds is 17. The molecule has 0 bridgehead atoms. The molecule has 1 aromatic carbocycles. The smallest absolute Gasteiger partial charge is 0.413 e. The van der Waals surface area contributed by atoms with Gasteiger partial charge in [0.05, 0.1) is 5.69 Å². The van der Waals surface area contributed by atoms with E-state index in [4.69, 9.17) is 30.3 Å². The maximum Gasteiger partial charge on any atom is 0.413 e. The zero-order chi connectivity index (χ0) is 34.4. The molecule has 1 heterocycles. The van der Waals surface area contributed by atoms with Gasteiger partial charge in [0, 0.05) is 25.5 Å². The number of ether oxygens (including phenoxy) is 3. The summed E-state index contributed by atoms with van der Waals surface area (Å²) in [6.45, 7) is -0.802. The Balaban J connectivity index is 2.02. The molecule has 1 unspecified atom stereocenters. The normalized spacial score (nSPS) is 13.2. The van der Waals surface area contributed by atoms with Crippen LogP contribution in [0.2, 0.25) is 0 Å². The number of pyridine rings is 1. The molecular weight excluding hydrogens is 628 g/mol. The van der Waals surface area contributed by atoms with Crippen LogP contribution in [0.25, 0.3) is 0 Å². The lowest BCUT2D eigenvalue weighted by molar-refractivity contribution is -0.315. The molecule has 0 aliphatic carbocycles. The Bertz CT molecular complexity index is 1260. The topological polar surface area (TPSA) is 156 Å². The van der Waals surface area contributed by atoms with Gasteiger partial charge in [0.25, 0.3) is 0 Å². The van der Waals surface area contributed by atoms with Crippen LogP contribution < -0.4 is 16.7 Å². The van der Waals surface area contributed by atoms with Crippen molar-refractivity contribution in [3.63, 3.8) is 0 Å². The summed E-state index contributed by atoms with van der Waals surface area (Å²) in [5.41, 5.74) is 3.41. The number of halogens is 6. The molecule has 0 saturated carbocycles. The lowest BCUT2D eigenvalue weighted by Crippen LogP contribution is -2.46. The molecule has 18 heteroatoms. The summed E-state index contributed by atoms with van der Waals surface area (Å²) in [4.78, 5) is 22.2. The van der Waals surface area contributed by atoms with Crippen molar-refractivity contribution >= 4 is 23.5 Å². The minimum Gasteiger partial charge on any atom is -0.446 e. The number of nitrogens with two attached hydrogens (primary N) is 1. The SMILES string of the molecule is CCCC(CCC(C)OC(=O)Nc1cccc(CO/N=C(\C(=N)N(C)NN)c2ccccc2)n1)(OCC(F)(F)F)OCC(F)(F)F. The number of likely N-dealkylation sites (N-methyl/N-ethyl adjacent to an activating group) is 1. The van der Waals surface area contributed by atoms with E-state index in [0.29, 0.717) is 11.3 Å².